The van der Waals surface area contributed by atoms with E-state index in [-0.39, 0.29) is 71.4 Å². The van der Waals surface area contributed by atoms with Crippen LogP contribution in [0.4, 0.5) is 0 Å². The molecule has 31 heavy (non-hydrogen) atoms. The minimum atomic E-state index is -5.31. The number of carbonyl (C=O) groups excluding carboxylic acids is 1. The Morgan fingerprint density at radius 3 is 0.871 bits per heavy atom. The van der Waals surface area contributed by atoms with E-state index in [0.29, 0.717) is 0 Å². The van der Waals surface area contributed by atoms with E-state index in [4.69, 9.17) is 36.3 Å². The predicted molar refractivity (Wildman–Crippen MR) is 80.2 cm³/mol. The van der Waals surface area contributed by atoms with Crippen molar-refractivity contribution in [2.24, 2.45) is 0 Å². The van der Waals surface area contributed by atoms with Gasteiger partial charge in [-0.05, 0) is 0 Å². The molecule has 182 valence electrons. The second-order valence-corrected chi connectivity index (χ2v) is 6.77. The van der Waals surface area contributed by atoms with Crippen LogP contribution in [0.15, 0.2) is 0 Å². The van der Waals surface area contributed by atoms with Crippen molar-refractivity contribution >= 4 is 72.1 Å². The molecular weight excluding hydrogens is 602 g/mol. The van der Waals surface area contributed by atoms with Crippen LogP contribution in [-0.4, -0.2) is 81.1 Å². The minimum absolute atomic E-state index is 0. The monoisotopic (exact) mass is 610 g/mol. The zero-order chi connectivity index (χ0) is 25.1. The molecule has 0 rings (SSSR count). The summed E-state index contributed by atoms with van der Waals surface area (Å²) in [6, 6.07) is 0. The molecule has 30 heteroatoms. The molecule has 0 atom stereocenters. The normalized spacial score (nSPS) is 10.5. The first-order valence-electron chi connectivity index (χ1n) is 4.22. The Bertz CT molecular complexity index is 686. The van der Waals surface area contributed by atoms with E-state index in [0.717, 1.165) is 0 Å². The molecule has 6 N–H and O–H groups in total. The van der Waals surface area contributed by atoms with E-state index >= 15 is 0 Å². The third-order valence-corrected chi connectivity index (χ3v) is 1.52. The molecule has 0 aromatic rings. The molecular formula is CH8Na2O22S6. The van der Waals surface area contributed by atoms with Gasteiger partial charge >= 0.3 is 79.9 Å². The summed E-state index contributed by atoms with van der Waals surface area (Å²) in [4.78, 5) is 8.00. The van der Waals surface area contributed by atoms with Gasteiger partial charge in [-0.3, -0.25) is 18.2 Å². The smallest absolute Gasteiger partial charge is 0.724 e. The first kappa shape index (κ1) is 49.6. The molecule has 0 spiro atoms. The summed E-state index contributed by atoms with van der Waals surface area (Å²) in [6.45, 7) is 2.00. The van der Waals surface area contributed by atoms with Gasteiger partial charge < -0.3 is 23.0 Å². The molecule has 0 aromatic carbocycles. The second-order valence-electron chi connectivity index (χ2n) is 2.26. The van der Waals surface area contributed by atoms with E-state index in [2.05, 4.69) is 17.3 Å². The summed E-state index contributed by atoms with van der Waals surface area (Å²) in [5.41, 5.74) is 0. The van der Waals surface area contributed by atoms with E-state index in [9.17, 15) is 42.8 Å². The van der Waals surface area contributed by atoms with E-state index in [1.54, 1.807) is 0 Å². The number of hydrogen-bond acceptors (Lipinski definition) is 19. The number of carbonyl (C=O) groups is 1. The van der Waals surface area contributed by atoms with Crippen molar-refractivity contribution in [3.63, 3.8) is 0 Å². The summed E-state index contributed by atoms with van der Waals surface area (Å²) < 4.78 is 157. The third kappa shape index (κ3) is 114. The third-order valence-electron chi connectivity index (χ3n) is 0.394. The van der Waals surface area contributed by atoms with Gasteiger partial charge in [0.25, 0.3) is 11.4 Å². The Labute approximate surface area is 225 Å². The molecule has 0 aliphatic carbocycles. The summed E-state index contributed by atoms with van der Waals surface area (Å²) in [5.74, 6) is 0. The minimum Gasteiger partial charge on any atom is -0.724 e. The van der Waals surface area contributed by atoms with Crippen molar-refractivity contribution in [3.05, 3.63) is 0 Å². The van der Waals surface area contributed by atoms with Crippen molar-refractivity contribution < 1.29 is 156 Å². The maximum atomic E-state index is 9.51. The molecule has 0 fully saturated rings. The maximum absolute atomic E-state index is 9.51. The van der Waals surface area contributed by atoms with E-state index in [1.807, 2.05) is 6.79 Å². The Kier molecular flexibility index (Phi) is 41.7. The van der Waals surface area contributed by atoms with Crippen LogP contribution in [0.2, 0.25) is 0 Å². The zero-order valence-electron chi connectivity index (χ0n) is 14.4. The Morgan fingerprint density at radius 1 is 0.677 bits per heavy atom. The van der Waals surface area contributed by atoms with Crippen LogP contribution in [0, 0.1) is 0 Å². The van der Waals surface area contributed by atoms with Gasteiger partial charge in [-0.1, -0.05) is 8.67 Å². The van der Waals surface area contributed by atoms with Crippen molar-refractivity contribution in [1.82, 2.24) is 0 Å². The predicted octanol–water partition coefficient (Wildman–Crippen LogP) is -9.44. The SMILES string of the molecule is C=O.O=S(=O)(O)OOS(=O)(=O)O.O=S(=O)([O-])OOS(=O)(=O)[O-].O=S(O)O.OSO.[Na+].[Na+]. The molecule has 0 unspecified atom stereocenters. The molecule has 0 saturated heterocycles. The average Bonchev–Trinajstić information content (AvgIpc) is 2.44. The van der Waals surface area contributed by atoms with Crippen molar-refractivity contribution in [3.8, 4) is 0 Å². The maximum Gasteiger partial charge on any atom is 1.00 e. The molecule has 22 nitrogen and oxygen atoms in total. The molecule has 0 radical (unpaired) electrons. The topological polar surface area (TPSA) is 375 Å². The van der Waals surface area contributed by atoms with Crippen LogP contribution in [-0.2, 0) is 75.1 Å². The van der Waals surface area contributed by atoms with Crippen molar-refractivity contribution in [2.45, 2.75) is 0 Å². The van der Waals surface area contributed by atoms with Crippen LogP contribution >= 0.6 is 12.3 Å². The van der Waals surface area contributed by atoms with E-state index < -0.39 is 53.0 Å². The standard InChI is InChI=1S/CH2O.2Na.2H2O8S2.H2O3S.H2O2S/c1-2;;;2*1-9(2,3)7-8-10(4,5)6;1-4(2)3;1-3-2/h1H2;;;2*(H,1,2,3)(H,4,5,6);(H2,1,2,3);1-2H/q;2*+1;;;;/p-2. The fraction of sp³-hybridized carbons (Fsp3) is 0. The summed E-state index contributed by atoms with van der Waals surface area (Å²) in [5, 5.41) is 0. The van der Waals surface area contributed by atoms with Gasteiger partial charge in [0.2, 0.25) is 20.8 Å². The van der Waals surface area contributed by atoms with Crippen LogP contribution in [0.3, 0.4) is 0 Å². The molecule has 0 aliphatic rings. The van der Waals surface area contributed by atoms with Crippen LogP contribution in [0.5, 0.6) is 0 Å². The number of hydrogen-bond donors (Lipinski definition) is 6. The molecule has 0 heterocycles. The Hall–Kier alpha value is 1.49. The first-order chi connectivity index (χ1) is 12.6. The van der Waals surface area contributed by atoms with Gasteiger partial charge in [0.1, 0.15) is 6.79 Å². The zero-order valence-corrected chi connectivity index (χ0v) is 23.3. The largest absolute Gasteiger partial charge is 1.00 e. The van der Waals surface area contributed by atoms with Gasteiger partial charge in [-0.15, -0.1) is 8.67 Å². The van der Waals surface area contributed by atoms with Gasteiger partial charge in [-0.2, -0.15) is 21.0 Å². The molecule has 0 aromatic heterocycles. The fourth-order valence-electron chi connectivity index (χ4n) is 0.138. The van der Waals surface area contributed by atoms with Crippen molar-refractivity contribution in [2.75, 3.05) is 0 Å². The van der Waals surface area contributed by atoms with Crippen molar-refractivity contribution in [1.29, 1.82) is 0 Å². The second kappa shape index (κ2) is 26.1. The van der Waals surface area contributed by atoms with Gasteiger partial charge in [-0.25, -0.2) is 16.8 Å². The first-order valence-corrected chi connectivity index (χ1v) is 11.4. The van der Waals surface area contributed by atoms with Gasteiger partial charge in [0, 0.05) is 0 Å². The molecule has 0 bridgehead atoms. The summed E-state index contributed by atoms with van der Waals surface area (Å²) >= 11 is -2.86. The van der Waals surface area contributed by atoms with Gasteiger partial charge in [0.05, 0.1) is 0 Å². The molecule has 0 amide bonds. The van der Waals surface area contributed by atoms with Crippen LogP contribution in [0.25, 0.3) is 0 Å². The quantitative estimate of drug-likeness (QED) is 0.0309. The van der Waals surface area contributed by atoms with E-state index in [1.165, 1.54) is 0 Å². The van der Waals surface area contributed by atoms with Crippen LogP contribution in [0.1, 0.15) is 0 Å². The Balaban J connectivity index is -0.0000000516. The average molecular weight is 610 g/mol. The van der Waals surface area contributed by atoms with Crippen LogP contribution < -0.4 is 59.1 Å². The summed E-state index contributed by atoms with van der Waals surface area (Å²) in [7, 11) is -20.7. The molecule has 0 aliphatic heterocycles. The Morgan fingerprint density at radius 2 is 0.806 bits per heavy atom. The number of rotatable bonds is 6. The summed E-state index contributed by atoms with van der Waals surface area (Å²) in [6.07, 6.45) is 0. The molecule has 0 saturated carbocycles. The fourth-order valence-corrected chi connectivity index (χ4v) is 1.24. The van der Waals surface area contributed by atoms with Gasteiger partial charge in [0.15, 0.2) is 12.3 Å².